The highest BCUT2D eigenvalue weighted by Crippen LogP contribution is 2.11. The van der Waals surface area contributed by atoms with Crippen molar-refractivity contribution in [2.24, 2.45) is 5.10 Å². The molecule has 7 nitrogen and oxygen atoms in total. The molecule has 2 rings (SSSR count). The number of hydrogen-bond acceptors (Lipinski definition) is 6. The van der Waals surface area contributed by atoms with Crippen molar-refractivity contribution in [3.05, 3.63) is 60.1 Å². The van der Waals surface area contributed by atoms with E-state index in [0.29, 0.717) is 23.8 Å². The number of carbonyl (C=O) groups excluding carboxylic acids is 1. The second-order valence-corrected chi connectivity index (χ2v) is 4.97. The highest BCUT2D eigenvalue weighted by atomic mass is 19.1. The predicted octanol–water partition coefficient (Wildman–Crippen LogP) is 2.05. The van der Waals surface area contributed by atoms with Crippen LogP contribution in [0.15, 0.2) is 48.1 Å². The molecule has 0 bridgehead atoms. The van der Waals surface area contributed by atoms with Crippen LogP contribution in [0.25, 0.3) is 0 Å². The maximum atomic E-state index is 12.8. The summed E-state index contributed by atoms with van der Waals surface area (Å²) in [6.45, 7) is 5.66. The molecular weight excluding hydrogens is 325 g/mol. The smallest absolute Gasteiger partial charge is 0.278 e. The van der Waals surface area contributed by atoms with Crippen LogP contribution in [0, 0.1) is 12.7 Å². The van der Waals surface area contributed by atoms with Crippen LogP contribution >= 0.6 is 0 Å². The fourth-order valence-electron chi connectivity index (χ4n) is 1.76. The quantitative estimate of drug-likeness (QED) is 0.435. The molecule has 0 aliphatic rings. The van der Waals surface area contributed by atoms with E-state index in [1.165, 1.54) is 18.3 Å². The number of ether oxygens (including phenoxy) is 1. The minimum Gasteiger partial charge on any atom is -0.467 e. The first-order chi connectivity index (χ1) is 12.1. The monoisotopic (exact) mass is 343 g/mol. The Hall–Kier alpha value is -3.29. The van der Waals surface area contributed by atoms with Crippen molar-refractivity contribution in [3.63, 3.8) is 0 Å². The van der Waals surface area contributed by atoms with Crippen molar-refractivity contribution in [1.82, 2.24) is 15.4 Å². The van der Waals surface area contributed by atoms with Gasteiger partial charge in [-0.3, -0.25) is 4.79 Å². The summed E-state index contributed by atoms with van der Waals surface area (Å²) in [4.78, 5) is 20.0. The summed E-state index contributed by atoms with van der Waals surface area (Å²) in [6, 6.07) is 7.32. The van der Waals surface area contributed by atoms with E-state index < -0.39 is 5.91 Å². The number of aromatic nitrogens is 2. The van der Waals surface area contributed by atoms with Crippen LogP contribution in [-0.2, 0) is 4.79 Å². The van der Waals surface area contributed by atoms with Gasteiger partial charge in [-0.2, -0.15) is 10.1 Å². The Kier molecular flexibility index (Phi) is 6.58. The fraction of sp³-hybridized carbons (Fsp3) is 0.176. The molecule has 130 valence electrons. The summed E-state index contributed by atoms with van der Waals surface area (Å²) in [5.74, 6) is -0.117. The normalized spacial score (nSPS) is 10.5. The Morgan fingerprint density at radius 3 is 2.84 bits per heavy atom. The van der Waals surface area contributed by atoms with Gasteiger partial charge in [0.1, 0.15) is 5.82 Å². The van der Waals surface area contributed by atoms with E-state index in [-0.39, 0.29) is 18.3 Å². The van der Waals surface area contributed by atoms with Gasteiger partial charge in [0.05, 0.1) is 6.21 Å². The second-order valence-electron chi connectivity index (χ2n) is 4.97. The van der Waals surface area contributed by atoms with Gasteiger partial charge in [-0.15, -0.1) is 6.58 Å². The van der Waals surface area contributed by atoms with Crippen LogP contribution in [0.3, 0.4) is 0 Å². The van der Waals surface area contributed by atoms with Crippen molar-refractivity contribution >= 4 is 18.1 Å². The number of carbonyl (C=O) groups is 1. The van der Waals surface area contributed by atoms with E-state index >= 15 is 0 Å². The summed E-state index contributed by atoms with van der Waals surface area (Å²) in [5.41, 5.74) is 3.68. The van der Waals surface area contributed by atoms with Gasteiger partial charge in [-0.25, -0.2) is 14.8 Å². The first-order valence-electron chi connectivity index (χ1n) is 7.47. The maximum Gasteiger partial charge on any atom is 0.278 e. The van der Waals surface area contributed by atoms with Crippen molar-refractivity contribution in [2.45, 2.75) is 6.92 Å². The summed E-state index contributed by atoms with van der Waals surface area (Å²) in [7, 11) is 0. The number of amides is 1. The highest BCUT2D eigenvalue weighted by Gasteiger charge is 2.06. The molecule has 25 heavy (non-hydrogen) atoms. The molecule has 0 saturated carbocycles. The van der Waals surface area contributed by atoms with Crippen molar-refractivity contribution in [2.75, 3.05) is 18.5 Å². The molecule has 0 aliphatic heterocycles. The average Bonchev–Trinajstić information content (AvgIpc) is 2.59. The molecule has 1 amide bonds. The zero-order valence-electron chi connectivity index (χ0n) is 13.7. The lowest BCUT2D eigenvalue weighted by atomic mass is 10.2. The second kappa shape index (κ2) is 9.11. The van der Waals surface area contributed by atoms with Crippen LogP contribution in [-0.4, -0.2) is 35.2 Å². The number of aryl methyl sites for hydroxylation is 1. The molecule has 0 spiro atoms. The molecule has 8 heteroatoms. The Labute approximate surface area is 144 Å². The van der Waals surface area contributed by atoms with Crippen molar-refractivity contribution < 1.29 is 13.9 Å². The van der Waals surface area contributed by atoms with Gasteiger partial charge in [0.25, 0.3) is 5.91 Å². The summed E-state index contributed by atoms with van der Waals surface area (Å²) < 4.78 is 18.1. The van der Waals surface area contributed by atoms with E-state index in [9.17, 15) is 9.18 Å². The number of hydrogen-bond donors (Lipinski definition) is 2. The number of hydrazone groups is 1. The lowest BCUT2D eigenvalue weighted by molar-refractivity contribution is -0.123. The number of anilines is 1. The van der Waals surface area contributed by atoms with E-state index in [1.54, 1.807) is 31.2 Å². The third kappa shape index (κ3) is 6.38. The molecule has 0 radical (unpaired) electrons. The Morgan fingerprint density at radius 2 is 2.12 bits per heavy atom. The summed E-state index contributed by atoms with van der Waals surface area (Å²) >= 11 is 0. The van der Waals surface area contributed by atoms with Crippen molar-refractivity contribution in [1.29, 1.82) is 0 Å². The average molecular weight is 343 g/mol. The number of nitrogens with zero attached hydrogens (tertiary/aromatic N) is 3. The molecule has 0 unspecified atom stereocenters. The van der Waals surface area contributed by atoms with Crippen LogP contribution in [0.1, 0.15) is 11.3 Å². The summed E-state index contributed by atoms with van der Waals surface area (Å²) in [5, 5.41) is 6.72. The first-order valence-corrected chi connectivity index (χ1v) is 7.47. The van der Waals surface area contributed by atoms with E-state index in [1.807, 2.05) is 0 Å². The summed E-state index contributed by atoms with van der Waals surface area (Å²) in [6.07, 6.45) is 3.09. The molecule has 2 N–H and O–H groups in total. The van der Waals surface area contributed by atoms with Gasteiger partial charge in [-0.05, 0) is 24.6 Å². The van der Waals surface area contributed by atoms with Crippen LogP contribution in [0.5, 0.6) is 5.88 Å². The van der Waals surface area contributed by atoms with Gasteiger partial charge in [-0.1, -0.05) is 18.2 Å². The predicted molar refractivity (Wildman–Crippen MR) is 93.1 cm³/mol. The highest BCUT2D eigenvalue weighted by molar-refractivity contribution is 5.82. The van der Waals surface area contributed by atoms with Gasteiger partial charge in [0.2, 0.25) is 11.8 Å². The minimum atomic E-state index is -0.449. The van der Waals surface area contributed by atoms with Gasteiger partial charge in [0, 0.05) is 18.3 Å². The molecule has 0 aliphatic carbocycles. The molecule has 1 aromatic carbocycles. The molecule has 1 heterocycles. The molecule has 0 atom stereocenters. The van der Waals surface area contributed by atoms with Crippen LogP contribution in [0.2, 0.25) is 0 Å². The third-order valence-electron chi connectivity index (χ3n) is 2.86. The van der Waals surface area contributed by atoms with Crippen LogP contribution in [0.4, 0.5) is 10.3 Å². The maximum absolute atomic E-state index is 12.8. The molecular formula is C17H18FN5O2. The zero-order valence-corrected chi connectivity index (χ0v) is 13.7. The fourth-order valence-corrected chi connectivity index (χ4v) is 1.76. The lowest BCUT2D eigenvalue weighted by Crippen LogP contribution is -2.25. The molecule has 2 aromatic rings. The van der Waals surface area contributed by atoms with E-state index in [2.05, 4.69) is 32.4 Å². The third-order valence-corrected chi connectivity index (χ3v) is 2.86. The Balaban J connectivity index is 1.84. The molecule has 1 aromatic heterocycles. The number of halogens is 1. The minimum absolute atomic E-state index is 0.252. The molecule has 0 saturated heterocycles. The van der Waals surface area contributed by atoms with E-state index in [4.69, 9.17) is 4.74 Å². The number of nitrogens with one attached hydrogen (secondary N) is 2. The molecule has 0 fully saturated rings. The Bertz CT molecular complexity index is 762. The van der Waals surface area contributed by atoms with Crippen LogP contribution < -0.4 is 15.5 Å². The zero-order chi connectivity index (χ0) is 18.1. The van der Waals surface area contributed by atoms with Gasteiger partial charge >= 0.3 is 0 Å². The van der Waals surface area contributed by atoms with E-state index in [0.717, 1.165) is 0 Å². The number of rotatable bonds is 8. The van der Waals surface area contributed by atoms with Crippen molar-refractivity contribution in [3.8, 4) is 5.88 Å². The lowest BCUT2D eigenvalue weighted by Gasteiger charge is -2.07. The largest absolute Gasteiger partial charge is 0.467 e. The standard InChI is InChI=1S/C17H18FN5O2/c1-3-8-19-17-21-12(2)9-16(22-17)25-11-15(24)23-20-10-13-4-6-14(18)7-5-13/h3-7,9-10H,1,8,11H2,2H3,(H,23,24)(H,19,21,22). The first kappa shape index (κ1) is 18.1. The number of benzene rings is 1. The topological polar surface area (TPSA) is 88.5 Å². The van der Waals surface area contributed by atoms with Gasteiger partial charge < -0.3 is 10.1 Å². The SMILES string of the molecule is C=CCNc1nc(C)cc(OCC(=O)NN=Cc2ccc(F)cc2)n1. The van der Waals surface area contributed by atoms with Gasteiger partial charge in [0.15, 0.2) is 6.61 Å². The Morgan fingerprint density at radius 1 is 1.36 bits per heavy atom.